The molecule has 1 aliphatic rings. The number of hydrogen-bond acceptors (Lipinski definition) is 4. The number of aromatic nitrogens is 4. The Hall–Kier alpha value is -3.45. The third-order valence-corrected chi connectivity index (χ3v) is 5.60. The molecule has 0 bridgehead atoms. The molecule has 4 aromatic rings. The van der Waals surface area contributed by atoms with Crippen LogP contribution in [0.25, 0.3) is 11.4 Å². The molecule has 1 atom stereocenters. The van der Waals surface area contributed by atoms with Gasteiger partial charge in [0.15, 0.2) is 5.82 Å². The van der Waals surface area contributed by atoms with Crippen LogP contribution >= 0.6 is 0 Å². The van der Waals surface area contributed by atoms with Gasteiger partial charge in [0.25, 0.3) is 0 Å². The lowest BCUT2D eigenvalue weighted by Crippen LogP contribution is -2.37. The van der Waals surface area contributed by atoms with Gasteiger partial charge in [-0.25, -0.2) is 8.78 Å². The Morgan fingerprint density at radius 2 is 1.65 bits per heavy atom. The van der Waals surface area contributed by atoms with Crippen LogP contribution in [0.4, 0.5) is 8.78 Å². The van der Waals surface area contributed by atoms with E-state index in [1.807, 2.05) is 43.3 Å². The van der Waals surface area contributed by atoms with Crippen molar-refractivity contribution in [2.75, 3.05) is 6.54 Å². The molecule has 0 spiro atoms. The lowest BCUT2D eigenvalue weighted by molar-refractivity contribution is 0.176. The van der Waals surface area contributed by atoms with E-state index in [0.29, 0.717) is 25.2 Å². The van der Waals surface area contributed by atoms with Crippen LogP contribution in [-0.4, -0.2) is 31.2 Å². The lowest BCUT2D eigenvalue weighted by Gasteiger charge is -2.35. The Morgan fingerprint density at radius 1 is 0.871 bits per heavy atom. The van der Waals surface area contributed by atoms with E-state index in [2.05, 4.69) is 24.6 Å². The van der Waals surface area contributed by atoms with Crippen molar-refractivity contribution >= 4 is 0 Å². The third kappa shape index (κ3) is 3.84. The van der Waals surface area contributed by atoms with E-state index in [4.69, 9.17) is 0 Å². The van der Waals surface area contributed by atoms with E-state index in [0.717, 1.165) is 34.4 Å². The molecule has 0 saturated carbocycles. The van der Waals surface area contributed by atoms with E-state index in [-0.39, 0.29) is 6.04 Å². The summed E-state index contributed by atoms with van der Waals surface area (Å²) >= 11 is 0. The fourth-order valence-corrected chi connectivity index (χ4v) is 4.27. The number of pyridine rings is 1. The predicted molar refractivity (Wildman–Crippen MR) is 113 cm³/mol. The Labute approximate surface area is 179 Å². The first-order valence-corrected chi connectivity index (χ1v) is 10.2. The van der Waals surface area contributed by atoms with Gasteiger partial charge in [0.2, 0.25) is 0 Å². The molecule has 1 unspecified atom stereocenters. The van der Waals surface area contributed by atoms with Gasteiger partial charge in [0, 0.05) is 37.1 Å². The van der Waals surface area contributed by atoms with Gasteiger partial charge < -0.3 is 4.57 Å². The fraction of sp³-hybridized carbons (Fsp3) is 0.208. The summed E-state index contributed by atoms with van der Waals surface area (Å²) in [4.78, 5) is 6.45. The molecule has 156 valence electrons. The van der Waals surface area contributed by atoms with Crippen molar-refractivity contribution in [2.45, 2.75) is 26.1 Å². The van der Waals surface area contributed by atoms with Gasteiger partial charge in [-0.3, -0.25) is 9.88 Å². The second-order valence-corrected chi connectivity index (χ2v) is 7.83. The standard InChI is InChI=1S/C24H21F2N5/c1-16-9-19(14-27-13-16)24-29-28-22-15-30(7-8-31(22)24)23(17-5-3-2-4-6-17)18-10-20(25)12-21(26)11-18/h2-6,9-14,23H,7-8,15H2,1H3. The van der Waals surface area contributed by atoms with Crippen molar-refractivity contribution in [3.63, 3.8) is 0 Å². The lowest BCUT2D eigenvalue weighted by atomic mass is 9.96. The van der Waals surface area contributed by atoms with Gasteiger partial charge in [-0.15, -0.1) is 10.2 Å². The first-order valence-electron chi connectivity index (χ1n) is 10.2. The number of halogens is 2. The predicted octanol–water partition coefficient (Wildman–Crippen LogP) is 4.53. The van der Waals surface area contributed by atoms with Crippen molar-refractivity contribution in [1.29, 1.82) is 0 Å². The van der Waals surface area contributed by atoms with Crippen molar-refractivity contribution in [3.05, 3.63) is 101 Å². The topological polar surface area (TPSA) is 46.8 Å². The monoisotopic (exact) mass is 417 g/mol. The highest BCUT2D eigenvalue weighted by Crippen LogP contribution is 2.33. The zero-order valence-corrected chi connectivity index (χ0v) is 17.0. The summed E-state index contributed by atoms with van der Waals surface area (Å²) in [6, 6.07) is 15.2. The van der Waals surface area contributed by atoms with Crippen molar-refractivity contribution in [3.8, 4) is 11.4 Å². The number of hydrogen-bond donors (Lipinski definition) is 0. The Kier molecular flexibility index (Phi) is 5.03. The second-order valence-electron chi connectivity index (χ2n) is 7.83. The number of fused-ring (bicyclic) bond motifs is 1. The molecule has 5 rings (SSSR count). The average molecular weight is 417 g/mol. The summed E-state index contributed by atoms with van der Waals surface area (Å²) in [6.07, 6.45) is 3.60. The van der Waals surface area contributed by atoms with Gasteiger partial charge in [-0.2, -0.15) is 0 Å². The summed E-state index contributed by atoms with van der Waals surface area (Å²) in [5.74, 6) is 0.454. The maximum Gasteiger partial charge on any atom is 0.165 e. The second kappa shape index (κ2) is 8.00. The van der Waals surface area contributed by atoms with E-state index < -0.39 is 11.6 Å². The molecule has 31 heavy (non-hydrogen) atoms. The minimum Gasteiger partial charge on any atom is -0.309 e. The van der Waals surface area contributed by atoms with Gasteiger partial charge in [0.05, 0.1) is 12.6 Å². The maximum atomic E-state index is 14.0. The number of nitrogens with zero attached hydrogens (tertiary/aromatic N) is 5. The molecule has 2 aromatic carbocycles. The number of benzene rings is 2. The van der Waals surface area contributed by atoms with Crippen molar-refractivity contribution in [2.24, 2.45) is 0 Å². The molecule has 0 fully saturated rings. The first-order chi connectivity index (χ1) is 15.1. The largest absolute Gasteiger partial charge is 0.309 e. The van der Waals surface area contributed by atoms with E-state index >= 15 is 0 Å². The molecule has 7 heteroatoms. The van der Waals surface area contributed by atoms with Crippen LogP contribution in [0, 0.1) is 18.6 Å². The van der Waals surface area contributed by atoms with Gasteiger partial charge in [0.1, 0.15) is 17.5 Å². The average Bonchev–Trinajstić information content (AvgIpc) is 3.17. The molecule has 2 aromatic heterocycles. The van der Waals surface area contributed by atoms with Crippen LogP contribution in [0.5, 0.6) is 0 Å². The zero-order chi connectivity index (χ0) is 21.4. The summed E-state index contributed by atoms with van der Waals surface area (Å²) in [6.45, 7) is 3.87. The highest BCUT2D eigenvalue weighted by molar-refractivity contribution is 5.55. The summed E-state index contributed by atoms with van der Waals surface area (Å²) in [7, 11) is 0. The maximum absolute atomic E-state index is 14.0. The minimum absolute atomic E-state index is 0.291. The summed E-state index contributed by atoms with van der Waals surface area (Å²) in [5.41, 5.74) is 3.55. The molecular formula is C24H21F2N5. The molecule has 1 aliphatic heterocycles. The van der Waals surface area contributed by atoms with Crippen LogP contribution < -0.4 is 0 Å². The minimum atomic E-state index is -0.578. The molecule has 5 nitrogen and oxygen atoms in total. The van der Waals surface area contributed by atoms with Crippen LogP contribution in [-0.2, 0) is 13.1 Å². The van der Waals surface area contributed by atoms with E-state index in [9.17, 15) is 8.78 Å². The smallest absolute Gasteiger partial charge is 0.165 e. The molecular weight excluding hydrogens is 396 g/mol. The van der Waals surface area contributed by atoms with Crippen LogP contribution in [0.3, 0.4) is 0 Å². The van der Waals surface area contributed by atoms with Crippen LogP contribution in [0.2, 0.25) is 0 Å². The Morgan fingerprint density at radius 3 is 2.39 bits per heavy atom. The molecule has 0 radical (unpaired) electrons. The van der Waals surface area contributed by atoms with Crippen LogP contribution in [0.1, 0.15) is 28.6 Å². The van der Waals surface area contributed by atoms with Gasteiger partial charge >= 0.3 is 0 Å². The van der Waals surface area contributed by atoms with E-state index in [1.54, 1.807) is 12.4 Å². The highest BCUT2D eigenvalue weighted by atomic mass is 19.1. The van der Waals surface area contributed by atoms with Crippen molar-refractivity contribution in [1.82, 2.24) is 24.6 Å². The Bertz CT molecular complexity index is 1200. The molecule has 0 saturated heterocycles. The zero-order valence-electron chi connectivity index (χ0n) is 17.0. The summed E-state index contributed by atoms with van der Waals surface area (Å²) in [5, 5.41) is 8.82. The molecule has 0 aliphatic carbocycles. The highest BCUT2D eigenvalue weighted by Gasteiger charge is 2.29. The van der Waals surface area contributed by atoms with Gasteiger partial charge in [-0.1, -0.05) is 30.3 Å². The first kappa shape index (κ1) is 19.5. The Balaban J connectivity index is 1.52. The summed E-state index contributed by atoms with van der Waals surface area (Å²) < 4.78 is 30.2. The normalized spacial score (nSPS) is 14.9. The van der Waals surface area contributed by atoms with Crippen LogP contribution in [0.15, 0.2) is 67.0 Å². The quantitative estimate of drug-likeness (QED) is 0.489. The number of aryl methyl sites for hydroxylation is 1. The SMILES string of the molecule is Cc1cncc(-c2nnc3n2CCN(C(c2ccccc2)c2cc(F)cc(F)c2)C3)c1. The van der Waals surface area contributed by atoms with E-state index in [1.165, 1.54) is 12.1 Å². The molecule has 0 N–H and O–H groups in total. The molecule has 3 heterocycles. The molecule has 0 amide bonds. The number of rotatable bonds is 4. The fourth-order valence-electron chi connectivity index (χ4n) is 4.27. The van der Waals surface area contributed by atoms with Gasteiger partial charge in [-0.05, 0) is 41.8 Å². The van der Waals surface area contributed by atoms with Crippen molar-refractivity contribution < 1.29 is 8.78 Å². The third-order valence-electron chi connectivity index (χ3n) is 5.60.